The van der Waals surface area contributed by atoms with Gasteiger partial charge in [-0.3, -0.25) is 0 Å². The Hall–Kier alpha value is 1.15. The number of halogens is 2. The van der Waals surface area contributed by atoms with Gasteiger partial charge in [0.15, 0.2) is 0 Å². The van der Waals surface area contributed by atoms with Crippen LogP contribution in [-0.4, -0.2) is 23.1 Å². The molecule has 0 unspecified atom stereocenters. The van der Waals surface area contributed by atoms with Crippen LogP contribution in [0.2, 0.25) is 0 Å². The molecule has 12 heavy (non-hydrogen) atoms. The van der Waals surface area contributed by atoms with Crippen molar-refractivity contribution in [2.75, 3.05) is 0 Å². The average molecular weight is 400 g/mol. The molecule has 6 heteroatoms. The Bertz CT molecular complexity index is 149. The molecule has 0 heterocycles. The van der Waals surface area contributed by atoms with Crippen LogP contribution in [0, 0.1) is 0 Å². The molecule has 0 bridgehead atoms. The fourth-order valence-electron chi connectivity index (χ4n) is 1.14. The van der Waals surface area contributed by atoms with Crippen molar-refractivity contribution in [1.82, 2.24) is 3.46 Å². The molecule has 0 rings (SSSR count). The summed E-state index contributed by atoms with van der Waals surface area (Å²) in [4.78, 5) is 0. The monoisotopic (exact) mass is 399 g/mol. The Balaban J connectivity index is 4.77. The maximum atomic E-state index is 9.48. The molecular weight excluding hydrogens is 384 g/mol. The van der Waals surface area contributed by atoms with Gasteiger partial charge in [-0.05, 0) is 0 Å². The molecule has 0 aromatic rings. The second-order valence-corrected chi connectivity index (χ2v) is 16.4. The van der Waals surface area contributed by atoms with E-state index in [4.69, 9.17) is 18.8 Å². The summed E-state index contributed by atoms with van der Waals surface area (Å²) in [5.74, 6) is 0. The van der Waals surface area contributed by atoms with Gasteiger partial charge in [-0.1, -0.05) is 0 Å². The summed E-state index contributed by atoms with van der Waals surface area (Å²) in [5, 5.41) is 0. The molecule has 0 aliphatic carbocycles. The second-order valence-electron chi connectivity index (χ2n) is 3.06. The SMILES string of the molecule is CC(C)[N](C(C)C)[Pt]([OH])([OH])([Cl])[Cl]. The molecule has 0 atom stereocenters. The summed E-state index contributed by atoms with van der Waals surface area (Å²) < 4.78 is 20.3. The van der Waals surface area contributed by atoms with Gasteiger partial charge >= 0.3 is 83.3 Å². The standard InChI is InChI=1S/C6H14N.2ClH.2H2O.Pt/c1-5(2)7-6(3)4;;;;;/h5-6H,1-4H3;2*1H;2*1H2;/q-1;;;;;+5/p-4. The molecule has 0 saturated heterocycles. The molecule has 2 N–H and O–H groups in total. The average Bonchev–Trinajstić information content (AvgIpc) is 1.51. The molecule has 0 aliphatic rings. The van der Waals surface area contributed by atoms with E-state index in [-0.39, 0.29) is 12.1 Å². The van der Waals surface area contributed by atoms with Crippen LogP contribution < -0.4 is 0 Å². The molecule has 0 spiro atoms. The second kappa shape index (κ2) is 3.72. The van der Waals surface area contributed by atoms with E-state index in [9.17, 15) is 7.52 Å². The zero-order valence-electron chi connectivity index (χ0n) is 7.57. The van der Waals surface area contributed by atoms with E-state index in [1.165, 1.54) is 3.46 Å². The van der Waals surface area contributed by atoms with Crippen LogP contribution in [0.3, 0.4) is 0 Å². The van der Waals surface area contributed by atoms with Gasteiger partial charge < -0.3 is 0 Å². The summed E-state index contributed by atoms with van der Waals surface area (Å²) in [6, 6.07) is -0.159. The number of nitrogens with zero attached hydrogens (tertiary/aromatic N) is 1. The molecule has 0 saturated carbocycles. The third-order valence-electron chi connectivity index (χ3n) is 1.19. The minimum absolute atomic E-state index is 0.0793. The summed E-state index contributed by atoms with van der Waals surface area (Å²) in [5.41, 5.74) is 0. The normalized spacial score (nSPS) is 17.1. The van der Waals surface area contributed by atoms with E-state index in [1.54, 1.807) is 0 Å². The van der Waals surface area contributed by atoms with Crippen LogP contribution in [0.25, 0.3) is 0 Å². The summed E-state index contributed by atoms with van der Waals surface area (Å²) in [6.45, 7) is 7.27. The van der Waals surface area contributed by atoms with Gasteiger partial charge in [0.2, 0.25) is 0 Å². The first-order chi connectivity index (χ1) is 5.02. The van der Waals surface area contributed by atoms with Gasteiger partial charge in [0.05, 0.1) is 0 Å². The summed E-state index contributed by atoms with van der Waals surface area (Å²) in [7, 11) is 11.1. The van der Waals surface area contributed by atoms with Crippen molar-refractivity contribution in [1.29, 1.82) is 0 Å². The van der Waals surface area contributed by atoms with E-state index >= 15 is 0 Å². The predicted octanol–water partition coefficient (Wildman–Crippen LogP) is 1.83. The Morgan fingerprint density at radius 1 is 1.00 bits per heavy atom. The quantitative estimate of drug-likeness (QED) is 0.760. The maximum absolute atomic E-state index is 9.48. The zero-order valence-corrected chi connectivity index (χ0v) is 11.4. The Morgan fingerprint density at radius 2 is 1.25 bits per heavy atom. The van der Waals surface area contributed by atoms with Crippen LogP contribution in [0.1, 0.15) is 27.7 Å². The third kappa shape index (κ3) is 3.90. The van der Waals surface area contributed by atoms with Crippen molar-refractivity contribution in [3.8, 4) is 0 Å². The van der Waals surface area contributed by atoms with Gasteiger partial charge in [-0.2, -0.15) is 0 Å². The topological polar surface area (TPSA) is 43.7 Å². The van der Waals surface area contributed by atoms with E-state index in [0.717, 1.165) is 0 Å². The van der Waals surface area contributed by atoms with Gasteiger partial charge in [-0.25, -0.2) is 0 Å². The van der Waals surface area contributed by atoms with Crippen molar-refractivity contribution < 1.29 is 21.3 Å². The molecule has 0 aromatic heterocycles. The van der Waals surface area contributed by atoms with Crippen LogP contribution in [0.5, 0.6) is 0 Å². The molecule has 3 nitrogen and oxygen atoms in total. The zero-order chi connectivity index (χ0) is 10.2. The summed E-state index contributed by atoms with van der Waals surface area (Å²) >= 11 is -5.20. The Morgan fingerprint density at radius 3 is 1.25 bits per heavy atom. The predicted molar refractivity (Wildman–Crippen MR) is 48.3 cm³/mol. The van der Waals surface area contributed by atoms with Gasteiger partial charge in [-0.15, -0.1) is 0 Å². The Labute approximate surface area is 83.2 Å². The van der Waals surface area contributed by atoms with Crippen molar-refractivity contribution in [3.05, 3.63) is 0 Å². The molecule has 0 aromatic carbocycles. The first-order valence-electron chi connectivity index (χ1n) is 3.49. The van der Waals surface area contributed by atoms with Crippen molar-refractivity contribution >= 4 is 18.8 Å². The Kier molecular flexibility index (Phi) is 4.08. The number of hydrogen-bond acceptors (Lipinski definition) is 3. The van der Waals surface area contributed by atoms with Crippen LogP contribution in [0.4, 0.5) is 0 Å². The van der Waals surface area contributed by atoms with Crippen LogP contribution in [0.15, 0.2) is 0 Å². The molecule has 0 aliphatic heterocycles. The fraction of sp³-hybridized carbons (Fsp3) is 1.00. The summed E-state index contributed by atoms with van der Waals surface area (Å²) in [6.07, 6.45) is 0. The van der Waals surface area contributed by atoms with Gasteiger partial charge in [0.25, 0.3) is 0 Å². The van der Waals surface area contributed by atoms with Crippen molar-refractivity contribution in [2.45, 2.75) is 39.8 Å². The molecule has 0 radical (unpaired) electrons. The van der Waals surface area contributed by atoms with Gasteiger partial charge in [0, 0.05) is 0 Å². The van der Waals surface area contributed by atoms with E-state index < -0.39 is 13.7 Å². The van der Waals surface area contributed by atoms with Gasteiger partial charge in [0.1, 0.15) is 0 Å². The number of rotatable bonds is 3. The number of hydrogen-bond donors (Lipinski definition) is 2. The minimum atomic E-state index is -5.20. The fourth-order valence-corrected chi connectivity index (χ4v) is 9.05. The van der Waals surface area contributed by atoms with Crippen molar-refractivity contribution in [2.24, 2.45) is 0 Å². The van der Waals surface area contributed by atoms with E-state index in [0.29, 0.717) is 0 Å². The first kappa shape index (κ1) is 13.1. The van der Waals surface area contributed by atoms with E-state index in [1.807, 2.05) is 27.7 Å². The molecule has 0 amide bonds. The first-order valence-corrected chi connectivity index (χ1v) is 12.2. The van der Waals surface area contributed by atoms with E-state index in [2.05, 4.69) is 0 Å². The third-order valence-corrected chi connectivity index (χ3v) is 7.50. The molecular formula is C6H16Cl2NO2Pt. The molecule has 81 valence electrons. The van der Waals surface area contributed by atoms with Crippen LogP contribution in [-0.2, 0) is 13.7 Å². The van der Waals surface area contributed by atoms with Crippen LogP contribution >= 0.6 is 18.8 Å². The molecule has 0 fully saturated rings. The van der Waals surface area contributed by atoms with Crippen molar-refractivity contribution in [3.63, 3.8) is 0 Å².